The molecule has 222 valence electrons. The second kappa shape index (κ2) is 13.5. The maximum atomic E-state index is 14.2. The van der Waals surface area contributed by atoms with Crippen molar-refractivity contribution in [1.29, 1.82) is 0 Å². The highest BCUT2D eigenvalue weighted by atomic mass is 35.5. The van der Waals surface area contributed by atoms with Crippen LogP contribution in [-0.2, 0) is 25.6 Å². The molecule has 42 heavy (non-hydrogen) atoms. The number of nitrogens with one attached hydrogen (secondary N) is 1. The largest absolute Gasteiger partial charge is 0.480 e. The molecule has 0 bridgehead atoms. The molecule has 13 heteroatoms. The number of halogens is 2. The summed E-state index contributed by atoms with van der Waals surface area (Å²) in [5.41, 5.74) is 1.55. The molecule has 0 unspecified atom stereocenters. The Kier molecular flexibility index (Phi) is 9.79. The quantitative estimate of drug-likeness (QED) is 0.337. The Bertz CT molecular complexity index is 1410. The average molecular weight is 600 g/mol. The van der Waals surface area contributed by atoms with E-state index in [9.17, 15) is 28.4 Å². The zero-order valence-electron chi connectivity index (χ0n) is 23.0. The minimum Gasteiger partial charge on any atom is -0.480 e. The van der Waals surface area contributed by atoms with Crippen molar-refractivity contribution >= 4 is 53.1 Å². The minimum atomic E-state index is -1.27. The number of carbonyl (C=O) groups is 5. The number of urea groups is 1. The minimum absolute atomic E-state index is 0.0584. The summed E-state index contributed by atoms with van der Waals surface area (Å²) in [6, 6.07) is 11.2. The number of anilines is 1. The molecule has 0 saturated carbocycles. The van der Waals surface area contributed by atoms with Gasteiger partial charge in [-0.1, -0.05) is 41.9 Å². The van der Waals surface area contributed by atoms with Crippen LogP contribution in [0.5, 0.6) is 0 Å². The Balaban J connectivity index is 1.44. The molecule has 0 spiro atoms. The van der Waals surface area contributed by atoms with Crippen LogP contribution in [0.15, 0.2) is 48.7 Å². The number of carbonyl (C=O) groups excluding carboxylic acids is 4. The normalized spacial score (nSPS) is 15.8. The Hall–Kier alpha value is -4.45. The molecular weight excluding hydrogens is 569 g/mol. The molecule has 1 saturated heterocycles. The van der Waals surface area contributed by atoms with Gasteiger partial charge in [-0.3, -0.25) is 19.2 Å². The average Bonchev–Trinajstić information content (AvgIpc) is 3.14. The summed E-state index contributed by atoms with van der Waals surface area (Å²) in [6.07, 6.45) is 3.23. The summed E-state index contributed by atoms with van der Waals surface area (Å²) in [6.45, 7) is 0.208. The van der Waals surface area contributed by atoms with Gasteiger partial charge in [0.25, 0.3) is 5.91 Å². The number of hydrogen-bond donors (Lipinski definition) is 2. The van der Waals surface area contributed by atoms with Crippen molar-refractivity contribution in [2.24, 2.45) is 0 Å². The number of fused-ring (bicyclic) bond motifs is 1. The van der Waals surface area contributed by atoms with Crippen molar-refractivity contribution in [2.75, 3.05) is 45.1 Å². The maximum absolute atomic E-state index is 14.2. The van der Waals surface area contributed by atoms with E-state index in [1.807, 2.05) is 24.3 Å². The van der Waals surface area contributed by atoms with E-state index in [1.165, 1.54) is 19.2 Å². The van der Waals surface area contributed by atoms with Gasteiger partial charge in [0.2, 0.25) is 12.3 Å². The van der Waals surface area contributed by atoms with Gasteiger partial charge in [0.1, 0.15) is 18.9 Å². The van der Waals surface area contributed by atoms with Gasteiger partial charge in [-0.2, -0.15) is 0 Å². The number of hydrogen-bond acceptors (Lipinski definition) is 5. The van der Waals surface area contributed by atoms with Crippen molar-refractivity contribution in [2.45, 2.75) is 25.3 Å². The summed E-state index contributed by atoms with van der Waals surface area (Å²) >= 11 is 6.10. The van der Waals surface area contributed by atoms with Gasteiger partial charge in [-0.25, -0.2) is 9.18 Å². The van der Waals surface area contributed by atoms with Crippen LogP contribution in [0.25, 0.3) is 5.57 Å². The number of nitrogens with zero attached hydrogens (tertiary/aromatic N) is 4. The lowest BCUT2D eigenvalue weighted by Gasteiger charge is -2.38. The third kappa shape index (κ3) is 7.06. The van der Waals surface area contributed by atoms with Crippen molar-refractivity contribution in [3.05, 3.63) is 70.6 Å². The maximum Gasteiger partial charge on any atom is 0.323 e. The molecule has 2 aromatic carbocycles. The molecule has 11 nitrogen and oxygen atoms in total. The number of benzene rings is 2. The first-order chi connectivity index (χ1) is 20.1. The molecular formula is C29H31ClFN5O6. The van der Waals surface area contributed by atoms with Crippen LogP contribution in [0.2, 0.25) is 5.02 Å². The van der Waals surface area contributed by atoms with E-state index >= 15 is 0 Å². The molecule has 1 fully saturated rings. The van der Waals surface area contributed by atoms with Crippen molar-refractivity contribution in [3.63, 3.8) is 0 Å². The third-order valence-corrected chi connectivity index (χ3v) is 7.72. The predicted octanol–water partition coefficient (Wildman–Crippen LogP) is 2.90. The summed E-state index contributed by atoms with van der Waals surface area (Å²) < 4.78 is 14.2. The van der Waals surface area contributed by atoms with Gasteiger partial charge in [-0.15, -0.1) is 0 Å². The van der Waals surface area contributed by atoms with Gasteiger partial charge >= 0.3 is 12.0 Å². The zero-order valence-corrected chi connectivity index (χ0v) is 23.7. The molecule has 2 aliphatic rings. The smallest absolute Gasteiger partial charge is 0.323 e. The highest BCUT2D eigenvalue weighted by Crippen LogP contribution is 2.29. The summed E-state index contributed by atoms with van der Waals surface area (Å²) in [4.78, 5) is 67.5. The summed E-state index contributed by atoms with van der Waals surface area (Å²) in [5.74, 6) is -3.31. The van der Waals surface area contributed by atoms with Gasteiger partial charge in [0, 0.05) is 50.2 Å². The van der Waals surface area contributed by atoms with Crippen LogP contribution >= 0.6 is 11.6 Å². The Morgan fingerprint density at radius 2 is 1.81 bits per heavy atom. The van der Waals surface area contributed by atoms with E-state index in [2.05, 4.69) is 5.32 Å². The number of rotatable bonds is 9. The fourth-order valence-corrected chi connectivity index (χ4v) is 5.36. The summed E-state index contributed by atoms with van der Waals surface area (Å²) in [7, 11) is 1.24. The molecule has 2 aromatic rings. The lowest BCUT2D eigenvalue weighted by Crippen LogP contribution is -2.51. The SMILES string of the molecule is CN(CC(=O)O)C(=O)/C(=C\N(C=O)CC(=O)N1CCC(N2CCc3ccccc3NC2=O)CC1)c1cccc(F)c1Cl. The molecule has 5 amide bonds. The van der Waals surface area contributed by atoms with Gasteiger partial charge in [0.15, 0.2) is 0 Å². The Morgan fingerprint density at radius 1 is 1.10 bits per heavy atom. The number of piperidine rings is 1. The number of carboxylic acids is 1. The van der Waals surface area contributed by atoms with E-state index in [0.29, 0.717) is 45.3 Å². The molecule has 0 atom stereocenters. The number of likely N-dealkylation sites (N-methyl/N-ethyl adjacent to an activating group) is 1. The lowest BCUT2D eigenvalue weighted by atomic mass is 10.0. The first-order valence-electron chi connectivity index (χ1n) is 13.4. The second-order valence-electron chi connectivity index (χ2n) is 10.1. The van der Waals surface area contributed by atoms with Crippen molar-refractivity contribution < 1.29 is 33.5 Å². The first kappa shape index (κ1) is 30.5. The monoisotopic (exact) mass is 599 g/mol. The second-order valence-corrected chi connectivity index (χ2v) is 10.5. The van der Waals surface area contributed by atoms with Gasteiger partial charge in [-0.05, 0) is 37.0 Å². The Labute approximate surface area is 247 Å². The molecule has 0 aliphatic carbocycles. The fraction of sp³-hybridized carbons (Fsp3) is 0.345. The highest BCUT2D eigenvalue weighted by Gasteiger charge is 2.32. The molecule has 2 heterocycles. The van der Waals surface area contributed by atoms with Crippen molar-refractivity contribution in [3.8, 4) is 0 Å². The molecule has 4 rings (SSSR count). The lowest BCUT2D eigenvalue weighted by molar-refractivity contribution is -0.141. The van der Waals surface area contributed by atoms with Gasteiger partial charge < -0.3 is 30.0 Å². The topological polar surface area (TPSA) is 131 Å². The molecule has 0 aromatic heterocycles. The number of para-hydroxylation sites is 1. The number of amides is 5. The van der Waals surface area contributed by atoms with E-state index in [1.54, 1.807) is 9.80 Å². The first-order valence-corrected chi connectivity index (χ1v) is 13.7. The van der Waals surface area contributed by atoms with E-state index < -0.39 is 30.8 Å². The predicted molar refractivity (Wildman–Crippen MR) is 153 cm³/mol. The molecule has 0 radical (unpaired) electrons. The number of aliphatic carboxylic acids is 1. The zero-order chi connectivity index (χ0) is 30.4. The summed E-state index contributed by atoms with van der Waals surface area (Å²) in [5, 5.41) is 11.7. The van der Waals surface area contributed by atoms with Crippen LogP contribution in [0.3, 0.4) is 0 Å². The fourth-order valence-electron chi connectivity index (χ4n) is 5.13. The van der Waals surface area contributed by atoms with E-state index in [0.717, 1.165) is 33.3 Å². The van der Waals surface area contributed by atoms with E-state index in [4.69, 9.17) is 16.7 Å². The van der Waals surface area contributed by atoms with Crippen LogP contribution in [-0.4, -0.2) is 101 Å². The number of likely N-dealkylation sites (tertiary alicyclic amines) is 1. The van der Waals surface area contributed by atoms with Crippen LogP contribution < -0.4 is 5.32 Å². The number of carboxylic acid groups (broad SMARTS) is 1. The molecule has 2 aliphatic heterocycles. The van der Waals surface area contributed by atoms with Crippen LogP contribution in [0.1, 0.15) is 24.0 Å². The highest BCUT2D eigenvalue weighted by molar-refractivity contribution is 6.35. The Morgan fingerprint density at radius 3 is 2.50 bits per heavy atom. The van der Waals surface area contributed by atoms with Crippen LogP contribution in [0.4, 0.5) is 14.9 Å². The van der Waals surface area contributed by atoms with Crippen LogP contribution in [0, 0.1) is 5.82 Å². The molecule has 2 N–H and O–H groups in total. The van der Waals surface area contributed by atoms with E-state index in [-0.39, 0.29) is 34.1 Å². The van der Waals surface area contributed by atoms with Gasteiger partial charge in [0.05, 0.1) is 10.6 Å². The van der Waals surface area contributed by atoms with Crippen molar-refractivity contribution in [1.82, 2.24) is 19.6 Å². The standard InChI is InChI=1S/C29H31ClFN5O6/c1-33(17-26(39)40)28(41)22(21-6-4-7-23(31)27(21)30)15-34(18-37)16-25(38)35-12-10-20(11-13-35)36-14-9-19-5-2-3-8-24(19)32-29(36)42/h2-8,15,18,20H,9-14,16-17H2,1H3,(H,32,42)(H,39,40)/b22-15-. The third-order valence-electron chi connectivity index (χ3n) is 7.34.